The van der Waals surface area contributed by atoms with Crippen LogP contribution in [0.1, 0.15) is 11.1 Å². The van der Waals surface area contributed by atoms with Gasteiger partial charge < -0.3 is 30.3 Å². The third kappa shape index (κ3) is 6.19. The summed E-state index contributed by atoms with van der Waals surface area (Å²) in [6.45, 7) is -0.143. The van der Waals surface area contributed by atoms with Crippen molar-refractivity contribution in [3.05, 3.63) is 71.8 Å². The SMILES string of the molecule is O=C1N[C@@H](Cc2ccccc2)[C@@H](C(=O)O)O1.O=C1N[C@@H](Cc2ccccc2)[C@@H](CO)O1. The predicted octanol–water partition coefficient (Wildman–Crippen LogP) is 1.49. The van der Waals surface area contributed by atoms with Crippen molar-refractivity contribution in [3.63, 3.8) is 0 Å². The highest BCUT2D eigenvalue weighted by molar-refractivity contribution is 5.82. The Balaban J connectivity index is 0.000000176. The summed E-state index contributed by atoms with van der Waals surface area (Å²) < 4.78 is 9.55. The molecular formula is C22H24N2O7. The van der Waals surface area contributed by atoms with Crippen LogP contribution in [0.4, 0.5) is 9.59 Å². The van der Waals surface area contributed by atoms with E-state index in [1.165, 1.54) is 0 Å². The Labute approximate surface area is 179 Å². The molecule has 2 amide bonds. The molecule has 2 fully saturated rings. The number of hydrogen-bond acceptors (Lipinski definition) is 6. The molecule has 9 nitrogen and oxygen atoms in total. The molecule has 0 radical (unpaired) electrons. The number of cyclic esters (lactones) is 2. The lowest BCUT2D eigenvalue weighted by atomic mass is 10.0. The molecule has 4 atom stereocenters. The van der Waals surface area contributed by atoms with Crippen molar-refractivity contribution in [1.29, 1.82) is 0 Å². The van der Waals surface area contributed by atoms with Gasteiger partial charge in [-0.1, -0.05) is 60.7 Å². The molecule has 9 heteroatoms. The number of carboxylic acid groups (broad SMARTS) is 1. The minimum Gasteiger partial charge on any atom is -0.478 e. The van der Waals surface area contributed by atoms with E-state index >= 15 is 0 Å². The van der Waals surface area contributed by atoms with E-state index in [2.05, 4.69) is 15.4 Å². The lowest BCUT2D eigenvalue weighted by Crippen LogP contribution is -2.38. The number of aliphatic carboxylic acids is 1. The highest BCUT2D eigenvalue weighted by Crippen LogP contribution is 2.15. The van der Waals surface area contributed by atoms with Crippen molar-refractivity contribution in [2.24, 2.45) is 0 Å². The Bertz CT molecular complexity index is 891. The lowest BCUT2D eigenvalue weighted by Gasteiger charge is -2.14. The summed E-state index contributed by atoms with van der Waals surface area (Å²) in [4.78, 5) is 32.8. The van der Waals surface area contributed by atoms with Crippen LogP contribution < -0.4 is 10.6 Å². The van der Waals surface area contributed by atoms with Crippen LogP contribution in [0.5, 0.6) is 0 Å². The molecule has 0 bridgehead atoms. The third-order valence-corrected chi connectivity index (χ3v) is 4.93. The summed E-state index contributed by atoms with van der Waals surface area (Å²) in [5.41, 5.74) is 2.08. The number of aliphatic hydroxyl groups is 1. The van der Waals surface area contributed by atoms with Gasteiger partial charge in [0.25, 0.3) is 0 Å². The fourth-order valence-electron chi connectivity index (χ4n) is 3.42. The summed E-state index contributed by atoms with van der Waals surface area (Å²) in [7, 11) is 0. The van der Waals surface area contributed by atoms with Gasteiger partial charge >= 0.3 is 18.2 Å². The molecule has 2 saturated heterocycles. The summed E-state index contributed by atoms with van der Waals surface area (Å²) in [5.74, 6) is -1.13. The van der Waals surface area contributed by atoms with E-state index in [-0.39, 0.29) is 12.6 Å². The van der Waals surface area contributed by atoms with Gasteiger partial charge in [-0.2, -0.15) is 0 Å². The van der Waals surface area contributed by atoms with Crippen LogP contribution in [-0.2, 0) is 27.1 Å². The van der Waals surface area contributed by atoms with E-state index in [9.17, 15) is 14.4 Å². The molecule has 4 N–H and O–H groups in total. The summed E-state index contributed by atoms with van der Waals surface area (Å²) >= 11 is 0. The minimum atomic E-state index is -1.13. The molecule has 2 heterocycles. The number of benzene rings is 2. The normalized spacial score (nSPS) is 24.2. The zero-order chi connectivity index (χ0) is 22.2. The van der Waals surface area contributed by atoms with Crippen LogP contribution >= 0.6 is 0 Å². The van der Waals surface area contributed by atoms with Crippen LogP contribution in [0.2, 0.25) is 0 Å². The second-order valence-corrected chi connectivity index (χ2v) is 7.17. The van der Waals surface area contributed by atoms with Crippen molar-refractivity contribution < 1.29 is 34.1 Å². The molecular weight excluding hydrogens is 404 g/mol. The Kier molecular flexibility index (Phi) is 7.45. The van der Waals surface area contributed by atoms with E-state index in [1.807, 2.05) is 60.7 Å². The quantitative estimate of drug-likeness (QED) is 0.548. The van der Waals surface area contributed by atoms with Crippen LogP contribution in [0.3, 0.4) is 0 Å². The molecule has 2 aliphatic heterocycles. The highest BCUT2D eigenvalue weighted by Gasteiger charge is 2.39. The maximum Gasteiger partial charge on any atom is 0.408 e. The van der Waals surface area contributed by atoms with Gasteiger partial charge in [-0.15, -0.1) is 0 Å². The minimum absolute atomic E-state index is 0.134. The van der Waals surface area contributed by atoms with Crippen LogP contribution in [0, 0.1) is 0 Å². The van der Waals surface area contributed by atoms with Gasteiger partial charge in [0.05, 0.1) is 18.7 Å². The first-order valence-electron chi connectivity index (χ1n) is 9.82. The Morgan fingerprint density at radius 3 is 1.81 bits per heavy atom. The van der Waals surface area contributed by atoms with Crippen molar-refractivity contribution in [3.8, 4) is 0 Å². The molecule has 4 rings (SSSR count). The topological polar surface area (TPSA) is 134 Å². The highest BCUT2D eigenvalue weighted by atomic mass is 16.6. The Hall–Kier alpha value is -3.59. The molecule has 2 aromatic rings. The number of nitrogens with one attached hydrogen (secondary N) is 2. The van der Waals surface area contributed by atoms with Crippen LogP contribution in [0.25, 0.3) is 0 Å². The molecule has 0 saturated carbocycles. The van der Waals surface area contributed by atoms with Crippen LogP contribution in [0.15, 0.2) is 60.7 Å². The second-order valence-electron chi connectivity index (χ2n) is 7.17. The number of ether oxygens (including phenoxy) is 2. The fourth-order valence-corrected chi connectivity index (χ4v) is 3.42. The first kappa shape index (κ1) is 22.1. The van der Waals surface area contributed by atoms with E-state index in [0.717, 1.165) is 11.1 Å². The maximum atomic E-state index is 11.0. The zero-order valence-electron chi connectivity index (χ0n) is 16.6. The monoisotopic (exact) mass is 428 g/mol. The molecule has 2 aliphatic rings. The number of hydrogen-bond donors (Lipinski definition) is 4. The van der Waals surface area contributed by atoms with Gasteiger partial charge in [0, 0.05) is 0 Å². The number of carbonyl (C=O) groups is 3. The number of carboxylic acids is 1. The Morgan fingerprint density at radius 1 is 0.806 bits per heavy atom. The number of amides is 2. The predicted molar refractivity (Wildman–Crippen MR) is 109 cm³/mol. The van der Waals surface area contributed by atoms with Gasteiger partial charge in [0.15, 0.2) is 0 Å². The van der Waals surface area contributed by atoms with Gasteiger partial charge in [0.1, 0.15) is 6.10 Å². The average molecular weight is 428 g/mol. The van der Waals surface area contributed by atoms with E-state index < -0.39 is 36.4 Å². The Morgan fingerprint density at radius 2 is 1.29 bits per heavy atom. The van der Waals surface area contributed by atoms with Crippen LogP contribution in [-0.4, -0.2) is 59.3 Å². The smallest absolute Gasteiger partial charge is 0.408 e. The molecule has 0 aliphatic carbocycles. The lowest BCUT2D eigenvalue weighted by molar-refractivity contribution is -0.145. The fraction of sp³-hybridized carbons (Fsp3) is 0.318. The van der Waals surface area contributed by atoms with Gasteiger partial charge in [0.2, 0.25) is 6.10 Å². The standard InChI is InChI=1S/C11H11NO4.C11H13NO3/c13-10(14)9-8(12-11(15)16-9)6-7-4-2-1-3-5-7;13-7-10-9(12-11(14)15-10)6-8-4-2-1-3-5-8/h1-5,8-9H,6H2,(H,12,15)(H,13,14);1-5,9-10,13H,6-7H2,(H,12,14)/t8-,9-;9-,10+/m00/s1. The maximum absolute atomic E-state index is 11.0. The second kappa shape index (κ2) is 10.4. The van der Waals surface area contributed by atoms with Crippen molar-refractivity contribution >= 4 is 18.2 Å². The van der Waals surface area contributed by atoms with Crippen molar-refractivity contribution in [2.45, 2.75) is 37.1 Å². The molecule has 0 spiro atoms. The number of alkyl carbamates (subject to hydrolysis) is 2. The zero-order valence-corrected chi connectivity index (χ0v) is 16.6. The van der Waals surface area contributed by atoms with Gasteiger partial charge in [-0.3, -0.25) is 0 Å². The molecule has 0 aromatic heterocycles. The summed E-state index contributed by atoms with van der Waals surface area (Å²) in [6, 6.07) is 18.5. The summed E-state index contributed by atoms with van der Waals surface area (Å²) in [5, 5.41) is 23.1. The molecule has 164 valence electrons. The van der Waals surface area contributed by atoms with Gasteiger partial charge in [-0.25, -0.2) is 14.4 Å². The average Bonchev–Trinajstić information content (AvgIpc) is 3.31. The molecule has 2 aromatic carbocycles. The first-order chi connectivity index (χ1) is 15.0. The number of aliphatic hydroxyl groups excluding tert-OH is 1. The number of rotatable bonds is 6. The number of carbonyl (C=O) groups excluding carboxylic acids is 2. The van der Waals surface area contributed by atoms with Gasteiger partial charge in [-0.05, 0) is 24.0 Å². The van der Waals surface area contributed by atoms with E-state index in [0.29, 0.717) is 12.8 Å². The first-order valence-corrected chi connectivity index (χ1v) is 9.82. The third-order valence-electron chi connectivity index (χ3n) is 4.93. The molecule has 31 heavy (non-hydrogen) atoms. The largest absolute Gasteiger partial charge is 0.478 e. The molecule has 0 unspecified atom stereocenters. The summed E-state index contributed by atoms with van der Waals surface area (Å²) in [6.07, 6.45) is -1.53. The van der Waals surface area contributed by atoms with E-state index in [4.69, 9.17) is 14.9 Å². The van der Waals surface area contributed by atoms with Crippen molar-refractivity contribution in [2.75, 3.05) is 6.61 Å². The van der Waals surface area contributed by atoms with E-state index in [1.54, 1.807) is 0 Å². The van der Waals surface area contributed by atoms with Crippen molar-refractivity contribution in [1.82, 2.24) is 10.6 Å².